The third-order valence-electron chi connectivity index (χ3n) is 5.15. The van der Waals surface area contributed by atoms with Crippen LogP contribution >= 0.6 is 0 Å². The van der Waals surface area contributed by atoms with Crippen LogP contribution in [0.25, 0.3) is 11.0 Å². The molecule has 0 N–H and O–H groups in total. The van der Waals surface area contributed by atoms with Crippen LogP contribution in [0.5, 0.6) is 0 Å². The Morgan fingerprint density at radius 2 is 2.03 bits per heavy atom. The van der Waals surface area contributed by atoms with Gasteiger partial charge >= 0.3 is 6.09 Å². The summed E-state index contributed by atoms with van der Waals surface area (Å²) < 4.78 is 34.6. The van der Waals surface area contributed by atoms with Crippen LogP contribution in [0.3, 0.4) is 0 Å². The number of carbonyl (C=O) groups excluding carboxylic acids is 1. The zero-order valence-corrected chi connectivity index (χ0v) is 17.3. The Bertz CT molecular complexity index is 851. The largest absolute Gasteiger partial charge is 0.444 e. The van der Waals surface area contributed by atoms with E-state index in [0.717, 1.165) is 11.1 Å². The normalized spacial score (nSPS) is 17.7. The van der Waals surface area contributed by atoms with Gasteiger partial charge in [-0.1, -0.05) is 0 Å². The Kier molecular flexibility index (Phi) is 6.34. The van der Waals surface area contributed by atoms with E-state index in [-0.39, 0.29) is 13.0 Å². The minimum atomic E-state index is -2.78. The molecule has 3 rings (SSSR count). The van der Waals surface area contributed by atoms with Crippen molar-refractivity contribution in [2.24, 2.45) is 5.92 Å². The maximum absolute atomic E-state index is 14.6. The van der Waals surface area contributed by atoms with Crippen LogP contribution < -0.4 is 0 Å². The lowest BCUT2D eigenvalue weighted by atomic mass is 9.95. The van der Waals surface area contributed by atoms with Gasteiger partial charge in [0, 0.05) is 42.7 Å². The van der Waals surface area contributed by atoms with Gasteiger partial charge in [-0.3, -0.25) is 0 Å². The van der Waals surface area contributed by atoms with Crippen LogP contribution in [0.15, 0.2) is 30.5 Å². The lowest BCUT2D eigenvalue weighted by Gasteiger charge is -2.26. The number of carbonyl (C=O) groups is 1. The molecular formula is C22H29F2N3O2. The highest BCUT2D eigenvalue weighted by atomic mass is 19.3. The summed E-state index contributed by atoms with van der Waals surface area (Å²) in [6, 6.07) is 7.70. The van der Waals surface area contributed by atoms with Gasteiger partial charge in [0.05, 0.1) is 0 Å². The average molecular weight is 405 g/mol. The lowest BCUT2D eigenvalue weighted by Crippen LogP contribution is -2.37. The number of nitrogens with zero attached hydrogens (tertiary/aromatic N) is 3. The molecule has 158 valence electrons. The van der Waals surface area contributed by atoms with Crippen molar-refractivity contribution >= 4 is 17.1 Å². The van der Waals surface area contributed by atoms with Crippen molar-refractivity contribution in [1.82, 2.24) is 14.9 Å². The first-order valence-corrected chi connectivity index (χ1v) is 10.2. The summed E-state index contributed by atoms with van der Waals surface area (Å²) >= 11 is 0. The number of pyridine rings is 2. The molecule has 2 aromatic rings. The molecule has 5 nitrogen and oxygen atoms in total. The van der Waals surface area contributed by atoms with Gasteiger partial charge in [0.15, 0.2) is 5.65 Å². The van der Waals surface area contributed by atoms with E-state index in [4.69, 9.17) is 4.74 Å². The number of amides is 1. The Balaban J connectivity index is 1.45. The van der Waals surface area contributed by atoms with Crippen molar-refractivity contribution in [1.29, 1.82) is 0 Å². The predicted octanol–water partition coefficient (Wildman–Crippen LogP) is 5.23. The van der Waals surface area contributed by atoms with Gasteiger partial charge in [0.1, 0.15) is 5.60 Å². The second-order valence-corrected chi connectivity index (χ2v) is 8.73. The molecule has 1 amide bonds. The molecule has 0 spiro atoms. The Morgan fingerprint density at radius 3 is 2.79 bits per heavy atom. The van der Waals surface area contributed by atoms with E-state index in [9.17, 15) is 13.6 Å². The zero-order chi connectivity index (χ0) is 21.1. The first-order chi connectivity index (χ1) is 13.6. The highest BCUT2D eigenvalue weighted by Gasteiger charge is 2.44. The molecule has 1 saturated heterocycles. The Hall–Kier alpha value is -2.31. The number of hydrogen-bond donors (Lipinski definition) is 0. The number of unbranched alkanes of at least 4 members (excludes halogenated alkanes) is 1. The van der Waals surface area contributed by atoms with Crippen molar-refractivity contribution in [2.75, 3.05) is 13.1 Å². The van der Waals surface area contributed by atoms with Crippen LogP contribution in [0.1, 0.15) is 52.1 Å². The molecule has 1 fully saturated rings. The SMILES string of the molecule is CC(C)(C)OC(=O)N1CC[C@@H](C(F)(F)CCCCc2ccc3cccnc3n2)C1. The number of likely N-dealkylation sites (tertiary alicyclic amines) is 1. The van der Waals surface area contributed by atoms with Gasteiger partial charge in [-0.2, -0.15) is 0 Å². The third kappa shape index (κ3) is 5.84. The van der Waals surface area contributed by atoms with Crippen molar-refractivity contribution in [3.63, 3.8) is 0 Å². The minimum Gasteiger partial charge on any atom is -0.444 e. The van der Waals surface area contributed by atoms with E-state index in [0.29, 0.717) is 37.9 Å². The van der Waals surface area contributed by atoms with Gasteiger partial charge in [0.2, 0.25) is 0 Å². The topological polar surface area (TPSA) is 55.3 Å². The van der Waals surface area contributed by atoms with E-state index in [2.05, 4.69) is 9.97 Å². The smallest absolute Gasteiger partial charge is 0.410 e. The van der Waals surface area contributed by atoms with Crippen LogP contribution in [0.2, 0.25) is 0 Å². The fourth-order valence-electron chi connectivity index (χ4n) is 3.60. The van der Waals surface area contributed by atoms with Crippen molar-refractivity contribution in [3.8, 4) is 0 Å². The standard InChI is InChI=1S/C22H29F2N3O2/c1-21(2,3)29-20(28)27-14-11-17(15-27)22(23,24)12-5-4-8-18-10-9-16-7-6-13-25-19(16)26-18/h6-7,9-10,13,17H,4-5,8,11-12,14-15H2,1-3H3/t17-/m1/s1. The molecule has 0 unspecified atom stereocenters. The molecule has 0 aromatic carbocycles. The fourth-order valence-corrected chi connectivity index (χ4v) is 3.60. The molecule has 1 atom stereocenters. The van der Waals surface area contributed by atoms with Gasteiger partial charge in [0.25, 0.3) is 5.92 Å². The average Bonchev–Trinajstić information content (AvgIpc) is 3.15. The van der Waals surface area contributed by atoms with Crippen molar-refractivity contribution in [2.45, 2.75) is 64.4 Å². The number of rotatable bonds is 6. The van der Waals surface area contributed by atoms with Gasteiger partial charge in [-0.25, -0.2) is 23.5 Å². The van der Waals surface area contributed by atoms with Gasteiger partial charge in [-0.15, -0.1) is 0 Å². The highest BCUT2D eigenvalue weighted by Crippen LogP contribution is 2.37. The number of alkyl halides is 2. The molecule has 29 heavy (non-hydrogen) atoms. The number of aryl methyl sites for hydroxylation is 1. The molecule has 0 aliphatic carbocycles. The van der Waals surface area contributed by atoms with E-state index in [1.807, 2.05) is 24.3 Å². The molecule has 3 heterocycles. The van der Waals surface area contributed by atoms with Crippen molar-refractivity contribution in [3.05, 3.63) is 36.2 Å². The van der Waals surface area contributed by atoms with Crippen LogP contribution in [0.4, 0.5) is 13.6 Å². The molecule has 2 aromatic heterocycles. The first kappa shape index (κ1) is 21.4. The van der Waals surface area contributed by atoms with Gasteiger partial charge in [-0.05, 0) is 70.7 Å². The zero-order valence-electron chi connectivity index (χ0n) is 17.3. The van der Waals surface area contributed by atoms with Crippen LogP contribution in [-0.4, -0.2) is 45.6 Å². The number of halogens is 2. The molecule has 1 aliphatic heterocycles. The minimum absolute atomic E-state index is 0.0554. The fraction of sp³-hybridized carbons (Fsp3) is 0.591. The highest BCUT2D eigenvalue weighted by molar-refractivity contribution is 5.74. The number of aromatic nitrogens is 2. The summed E-state index contributed by atoms with van der Waals surface area (Å²) in [5.74, 6) is -3.59. The number of fused-ring (bicyclic) bond motifs is 1. The molecule has 0 radical (unpaired) electrons. The third-order valence-corrected chi connectivity index (χ3v) is 5.15. The molecule has 7 heteroatoms. The van der Waals surface area contributed by atoms with Crippen molar-refractivity contribution < 1.29 is 18.3 Å². The molecule has 0 bridgehead atoms. The number of ether oxygens (including phenoxy) is 1. The maximum atomic E-state index is 14.6. The van der Waals surface area contributed by atoms with Gasteiger partial charge < -0.3 is 9.64 Å². The van der Waals surface area contributed by atoms with E-state index in [1.165, 1.54) is 4.90 Å². The predicted molar refractivity (Wildman–Crippen MR) is 108 cm³/mol. The van der Waals surface area contributed by atoms with Crippen LogP contribution in [0, 0.1) is 5.92 Å². The first-order valence-electron chi connectivity index (χ1n) is 10.2. The van der Waals surface area contributed by atoms with E-state index >= 15 is 0 Å². The second-order valence-electron chi connectivity index (χ2n) is 8.73. The summed E-state index contributed by atoms with van der Waals surface area (Å²) in [7, 11) is 0. The maximum Gasteiger partial charge on any atom is 0.410 e. The Morgan fingerprint density at radius 1 is 1.24 bits per heavy atom. The second kappa shape index (κ2) is 8.59. The summed E-state index contributed by atoms with van der Waals surface area (Å²) in [5, 5.41) is 0.971. The molecule has 0 saturated carbocycles. The quantitative estimate of drug-likeness (QED) is 0.617. The Labute approximate surface area is 170 Å². The van der Waals surface area contributed by atoms with E-state index in [1.54, 1.807) is 27.0 Å². The molecular weight excluding hydrogens is 376 g/mol. The van der Waals surface area contributed by atoms with Crippen LogP contribution in [-0.2, 0) is 11.2 Å². The molecule has 1 aliphatic rings. The van der Waals surface area contributed by atoms with E-state index < -0.39 is 23.5 Å². The lowest BCUT2D eigenvalue weighted by molar-refractivity contribution is -0.0631. The summed E-state index contributed by atoms with van der Waals surface area (Å²) in [5.41, 5.74) is 0.935. The summed E-state index contributed by atoms with van der Waals surface area (Å²) in [4.78, 5) is 22.2. The summed E-state index contributed by atoms with van der Waals surface area (Å²) in [6.45, 7) is 5.69. The number of hydrogen-bond acceptors (Lipinski definition) is 4. The summed E-state index contributed by atoms with van der Waals surface area (Å²) in [6.07, 6.45) is 3.03. The monoisotopic (exact) mass is 405 g/mol.